The quantitative estimate of drug-likeness (QED) is 0.691. The summed E-state index contributed by atoms with van der Waals surface area (Å²) in [4.78, 5) is 25.4. The number of H-pyrrole nitrogens is 1. The monoisotopic (exact) mass is 313 g/mol. The summed E-state index contributed by atoms with van der Waals surface area (Å²) in [7, 11) is -3.46. The lowest BCUT2D eigenvalue weighted by molar-refractivity contribution is 0.0697. The van der Waals surface area contributed by atoms with Crippen LogP contribution in [0.2, 0.25) is 0 Å². The van der Waals surface area contributed by atoms with Crippen molar-refractivity contribution in [2.24, 2.45) is 0 Å². The molecule has 8 nitrogen and oxygen atoms in total. The van der Waals surface area contributed by atoms with E-state index >= 15 is 0 Å². The highest BCUT2D eigenvalue weighted by atomic mass is 32.2. The average Bonchev–Trinajstić information content (AvgIpc) is 2.71. The molecule has 0 bridgehead atoms. The van der Waals surface area contributed by atoms with Gasteiger partial charge in [-0.25, -0.2) is 22.7 Å². The minimum Gasteiger partial charge on any atom is -0.478 e. The van der Waals surface area contributed by atoms with E-state index in [1.165, 1.54) is 22.8 Å². The molecule has 0 atom stereocenters. The van der Waals surface area contributed by atoms with Crippen LogP contribution in [0.3, 0.4) is 0 Å². The van der Waals surface area contributed by atoms with E-state index in [9.17, 15) is 18.0 Å². The molecule has 2 rings (SSSR count). The van der Waals surface area contributed by atoms with E-state index in [1.54, 1.807) is 6.92 Å². The maximum atomic E-state index is 11.8. The number of sulfonamides is 1. The number of benzene rings is 1. The number of carboxylic acids is 1. The molecule has 0 amide bonds. The molecule has 1 aromatic heterocycles. The number of nitrogens with zero attached hydrogens (tertiary/aromatic N) is 1. The highest BCUT2D eigenvalue weighted by Crippen LogP contribution is 2.13. The molecule has 0 fully saturated rings. The van der Waals surface area contributed by atoms with E-state index in [4.69, 9.17) is 5.11 Å². The summed E-state index contributed by atoms with van der Waals surface area (Å²) in [5.41, 5.74) is 0.390. The third kappa shape index (κ3) is 3.31. The largest absolute Gasteiger partial charge is 0.478 e. The van der Waals surface area contributed by atoms with E-state index in [1.807, 2.05) is 0 Å². The van der Waals surface area contributed by atoms with Gasteiger partial charge in [0.25, 0.3) is 0 Å². The number of rotatable bonds is 6. The van der Waals surface area contributed by atoms with Crippen LogP contribution in [-0.4, -0.2) is 41.3 Å². The molecule has 0 spiro atoms. The van der Waals surface area contributed by atoms with Gasteiger partial charge in [0.1, 0.15) is 0 Å². The molecule has 0 aliphatic carbocycles. The van der Waals surface area contributed by atoms with Crippen molar-refractivity contribution in [1.29, 1.82) is 0 Å². The Balaban J connectivity index is 2.39. The first-order valence-electron chi connectivity index (χ1n) is 6.27. The van der Waals surface area contributed by atoms with Crippen LogP contribution in [0.15, 0.2) is 23.0 Å². The van der Waals surface area contributed by atoms with Crippen molar-refractivity contribution in [2.45, 2.75) is 13.5 Å². The predicted octanol–water partition coefficient (Wildman–Crippen LogP) is -0.0329. The second kappa shape index (κ2) is 5.70. The van der Waals surface area contributed by atoms with Crippen LogP contribution in [0.1, 0.15) is 17.3 Å². The van der Waals surface area contributed by atoms with Gasteiger partial charge in [0.2, 0.25) is 10.0 Å². The highest BCUT2D eigenvalue weighted by molar-refractivity contribution is 7.89. The summed E-state index contributed by atoms with van der Waals surface area (Å²) < 4.78 is 26.8. The van der Waals surface area contributed by atoms with Crippen molar-refractivity contribution >= 4 is 27.0 Å². The summed E-state index contributed by atoms with van der Waals surface area (Å²) in [5.74, 6) is -1.37. The molecule has 0 aliphatic rings. The van der Waals surface area contributed by atoms with Gasteiger partial charge in [-0.05, 0) is 18.2 Å². The number of hydrogen-bond donors (Lipinski definition) is 3. The second-order valence-corrected chi connectivity index (χ2v) is 6.36. The first-order chi connectivity index (χ1) is 9.84. The number of carbonyl (C=O) groups is 1. The Labute approximate surface area is 120 Å². The van der Waals surface area contributed by atoms with Crippen LogP contribution in [0.5, 0.6) is 0 Å². The Morgan fingerprint density at radius 1 is 1.43 bits per heavy atom. The number of nitrogens with one attached hydrogen (secondary N) is 2. The molecular weight excluding hydrogens is 298 g/mol. The molecular formula is C12H15N3O5S. The summed E-state index contributed by atoms with van der Waals surface area (Å²) in [6.07, 6.45) is 0. The van der Waals surface area contributed by atoms with Crippen LogP contribution in [0, 0.1) is 0 Å². The fourth-order valence-corrected chi connectivity index (χ4v) is 3.02. The first-order valence-corrected chi connectivity index (χ1v) is 7.92. The summed E-state index contributed by atoms with van der Waals surface area (Å²) in [6, 6.07) is 4.20. The predicted molar refractivity (Wildman–Crippen MR) is 77.0 cm³/mol. The number of aromatic nitrogens is 2. The molecule has 0 unspecified atom stereocenters. The van der Waals surface area contributed by atoms with E-state index < -0.39 is 21.7 Å². The maximum absolute atomic E-state index is 11.8. The Hall–Kier alpha value is -2.13. The van der Waals surface area contributed by atoms with Crippen molar-refractivity contribution in [2.75, 3.05) is 12.3 Å². The van der Waals surface area contributed by atoms with Gasteiger partial charge >= 0.3 is 11.7 Å². The fraction of sp³-hybridized carbons (Fsp3) is 0.333. The number of aromatic amines is 1. The van der Waals surface area contributed by atoms with E-state index in [0.29, 0.717) is 11.0 Å². The highest BCUT2D eigenvalue weighted by Gasteiger charge is 2.14. The zero-order valence-corrected chi connectivity index (χ0v) is 12.1. The van der Waals surface area contributed by atoms with Gasteiger partial charge in [0.05, 0.1) is 22.3 Å². The first kappa shape index (κ1) is 15.3. The molecule has 1 heterocycles. The molecule has 3 N–H and O–H groups in total. The van der Waals surface area contributed by atoms with Crippen molar-refractivity contribution in [1.82, 2.24) is 14.3 Å². The number of hydrogen-bond acceptors (Lipinski definition) is 4. The Morgan fingerprint density at radius 3 is 2.76 bits per heavy atom. The lowest BCUT2D eigenvalue weighted by Gasteiger charge is -2.06. The normalized spacial score (nSPS) is 11.9. The lowest BCUT2D eigenvalue weighted by Crippen LogP contribution is -2.30. The van der Waals surface area contributed by atoms with Gasteiger partial charge in [-0.1, -0.05) is 6.92 Å². The van der Waals surface area contributed by atoms with E-state index in [0.717, 1.165) is 0 Å². The molecule has 114 valence electrons. The van der Waals surface area contributed by atoms with Crippen molar-refractivity contribution in [3.05, 3.63) is 34.2 Å². The van der Waals surface area contributed by atoms with Gasteiger partial charge in [-0.3, -0.25) is 4.57 Å². The third-order valence-corrected chi connectivity index (χ3v) is 4.42. The van der Waals surface area contributed by atoms with Crippen LogP contribution < -0.4 is 10.4 Å². The lowest BCUT2D eigenvalue weighted by atomic mass is 10.2. The average molecular weight is 313 g/mol. The van der Waals surface area contributed by atoms with Gasteiger partial charge < -0.3 is 10.1 Å². The van der Waals surface area contributed by atoms with Gasteiger partial charge in [0.15, 0.2) is 0 Å². The fourth-order valence-electron chi connectivity index (χ4n) is 2.01. The Bertz CT molecular complexity index is 834. The molecule has 1 aromatic carbocycles. The topological polar surface area (TPSA) is 121 Å². The van der Waals surface area contributed by atoms with E-state index in [-0.39, 0.29) is 24.4 Å². The maximum Gasteiger partial charge on any atom is 0.335 e. The van der Waals surface area contributed by atoms with Crippen molar-refractivity contribution in [3.63, 3.8) is 0 Å². The number of aryl methyl sites for hydroxylation is 1. The summed E-state index contributed by atoms with van der Waals surface area (Å²) in [5, 5.41) is 8.97. The Morgan fingerprint density at radius 2 is 2.14 bits per heavy atom. The molecule has 0 aliphatic heterocycles. The smallest absolute Gasteiger partial charge is 0.335 e. The molecule has 2 aromatic rings. The van der Waals surface area contributed by atoms with Crippen LogP contribution in [0.25, 0.3) is 11.0 Å². The number of imidazole rings is 1. The van der Waals surface area contributed by atoms with Gasteiger partial charge in [0, 0.05) is 13.1 Å². The second-order valence-electron chi connectivity index (χ2n) is 4.44. The number of aromatic carboxylic acids is 1. The zero-order chi connectivity index (χ0) is 15.6. The minimum absolute atomic E-state index is 0.0322. The van der Waals surface area contributed by atoms with Crippen molar-refractivity contribution in [3.8, 4) is 0 Å². The molecule has 21 heavy (non-hydrogen) atoms. The standard InChI is InChI=1S/C12H15N3O5S/c1-2-13-21(19,20)6-5-15-10-7-8(11(16)17)3-4-9(10)14-12(15)18/h3-4,7,13H,2,5-6H2,1H3,(H,14,18)(H,16,17). The summed E-state index contributed by atoms with van der Waals surface area (Å²) in [6.45, 7) is 1.88. The van der Waals surface area contributed by atoms with Crippen LogP contribution >= 0.6 is 0 Å². The minimum atomic E-state index is -3.46. The van der Waals surface area contributed by atoms with Gasteiger partial charge in [-0.15, -0.1) is 0 Å². The molecule has 9 heteroatoms. The van der Waals surface area contributed by atoms with Crippen LogP contribution in [-0.2, 0) is 16.6 Å². The Kier molecular flexibility index (Phi) is 4.14. The SMILES string of the molecule is CCNS(=O)(=O)CCn1c(=O)[nH]c2ccc(C(=O)O)cc21. The summed E-state index contributed by atoms with van der Waals surface area (Å²) >= 11 is 0. The third-order valence-electron chi connectivity index (χ3n) is 2.97. The molecule has 0 saturated carbocycles. The van der Waals surface area contributed by atoms with E-state index in [2.05, 4.69) is 9.71 Å². The van der Waals surface area contributed by atoms with Crippen LogP contribution in [0.4, 0.5) is 0 Å². The molecule has 0 radical (unpaired) electrons. The van der Waals surface area contributed by atoms with Gasteiger partial charge in [-0.2, -0.15) is 0 Å². The van der Waals surface area contributed by atoms with Crippen molar-refractivity contribution < 1.29 is 18.3 Å². The number of carboxylic acid groups (broad SMARTS) is 1. The molecule has 0 saturated heterocycles. The number of fused-ring (bicyclic) bond motifs is 1. The zero-order valence-electron chi connectivity index (χ0n) is 11.3.